The summed E-state index contributed by atoms with van der Waals surface area (Å²) in [5.41, 5.74) is 0.862. The van der Waals surface area contributed by atoms with E-state index < -0.39 is 5.97 Å². The second-order valence-electron chi connectivity index (χ2n) is 8.02. The number of nitrogens with zero attached hydrogens (tertiary/aromatic N) is 1. The van der Waals surface area contributed by atoms with E-state index in [9.17, 15) is 9.90 Å². The second kappa shape index (κ2) is 10.3. The van der Waals surface area contributed by atoms with Gasteiger partial charge in [0.1, 0.15) is 5.75 Å². The van der Waals surface area contributed by atoms with Crippen LogP contribution >= 0.6 is 0 Å². The fourth-order valence-electron chi connectivity index (χ4n) is 4.16. The number of phenolic OH excluding ortho intramolecular Hbond substituents is 1. The van der Waals surface area contributed by atoms with E-state index in [0.29, 0.717) is 29.2 Å². The lowest BCUT2D eigenvalue weighted by Gasteiger charge is -2.26. The number of aliphatic imine (C=N–C) groups is 1. The molecule has 0 saturated heterocycles. The van der Waals surface area contributed by atoms with E-state index in [4.69, 9.17) is 9.73 Å². The third-order valence-electron chi connectivity index (χ3n) is 5.85. The number of hydrogen-bond acceptors (Lipinski definition) is 4. The molecule has 0 aliphatic heterocycles. The van der Waals surface area contributed by atoms with Gasteiger partial charge in [-0.2, -0.15) is 0 Å². The molecule has 0 amide bonds. The Kier molecular flexibility index (Phi) is 7.57. The van der Waals surface area contributed by atoms with Crippen LogP contribution in [0.15, 0.2) is 23.2 Å². The lowest BCUT2D eigenvalue weighted by molar-refractivity contribution is 0.0601. The lowest BCUT2D eigenvalue weighted by Crippen LogP contribution is -2.40. The van der Waals surface area contributed by atoms with Crippen LogP contribution in [0.4, 0.5) is 5.69 Å². The third-order valence-corrected chi connectivity index (χ3v) is 5.85. The lowest BCUT2D eigenvalue weighted by atomic mass is 9.89. The smallest absolute Gasteiger partial charge is 0.337 e. The predicted molar refractivity (Wildman–Crippen MR) is 112 cm³/mol. The maximum absolute atomic E-state index is 11.8. The first-order chi connectivity index (χ1) is 13.7. The van der Waals surface area contributed by atoms with Gasteiger partial charge in [0.15, 0.2) is 5.96 Å². The molecular weight excluding hydrogens is 354 g/mol. The summed E-state index contributed by atoms with van der Waals surface area (Å²) in [4.78, 5) is 16.7. The van der Waals surface area contributed by atoms with Gasteiger partial charge in [-0.3, -0.25) is 4.99 Å². The average Bonchev–Trinajstić information content (AvgIpc) is 2.74. The molecule has 0 atom stereocenters. The Morgan fingerprint density at radius 1 is 1.11 bits per heavy atom. The molecule has 1 aromatic carbocycles. The third kappa shape index (κ3) is 5.88. The van der Waals surface area contributed by atoms with Crippen LogP contribution in [0.25, 0.3) is 0 Å². The highest BCUT2D eigenvalue weighted by atomic mass is 16.5. The molecule has 1 aromatic rings. The van der Waals surface area contributed by atoms with Crippen LogP contribution in [-0.4, -0.2) is 36.7 Å². The minimum Gasteiger partial charge on any atom is -0.506 e. The van der Waals surface area contributed by atoms with Gasteiger partial charge in [0.25, 0.3) is 0 Å². The maximum Gasteiger partial charge on any atom is 0.337 e. The molecule has 154 valence electrons. The zero-order valence-electron chi connectivity index (χ0n) is 16.9. The van der Waals surface area contributed by atoms with Crippen LogP contribution in [0, 0.1) is 5.92 Å². The number of carbonyl (C=O) groups excluding carboxylic acids is 1. The summed E-state index contributed by atoms with van der Waals surface area (Å²) in [7, 11) is 1.35. The van der Waals surface area contributed by atoms with Crippen LogP contribution in [0.1, 0.15) is 74.6 Å². The molecule has 0 radical (unpaired) electrons. The standard InChI is InChI=1S/C22H33N3O3/c1-28-21(27)17-12-13-20(26)19(14-17)25-22(24-18-10-6-3-7-11-18)23-15-16-8-4-2-5-9-16/h12-14,16,18,26H,2-11,15H2,1H3,(H2,23,24,25). The summed E-state index contributed by atoms with van der Waals surface area (Å²) < 4.78 is 4.79. The molecule has 3 rings (SSSR count). The van der Waals surface area contributed by atoms with Gasteiger partial charge >= 0.3 is 5.97 Å². The van der Waals surface area contributed by atoms with Gasteiger partial charge in [0.2, 0.25) is 0 Å². The van der Waals surface area contributed by atoms with E-state index >= 15 is 0 Å². The van der Waals surface area contributed by atoms with Crippen molar-refractivity contribution < 1.29 is 14.6 Å². The Bertz CT molecular complexity index is 678. The first-order valence-electron chi connectivity index (χ1n) is 10.6. The van der Waals surface area contributed by atoms with E-state index in [2.05, 4.69) is 10.6 Å². The number of esters is 1. The molecule has 3 N–H and O–H groups in total. The molecule has 0 heterocycles. The number of rotatable bonds is 5. The molecule has 0 unspecified atom stereocenters. The van der Waals surface area contributed by atoms with Crippen molar-refractivity contribution >= 4 is 17.6 Å². The van der Waals surface area contributed by atoms with Crippen LogP contribution in [0.5, 0.6) is 5.75 Å². The molecule has 2 aliphatic rings. The number of anilines is 1. The number of methoxy groups -OCH3 is 1. The van der Waals surface area contributed by atoms with Crippen LogP contribution in [0.2, 0.25) is 0 Å². The van der Waals surface area contributed by atoms with Crippen molar-refractivity contribution in [2.75, 3.05) is 19.0 Å². The normalized spacial score (nSPS) is 19.2. The van der Waals surface area contributed by atoms with Gasteiger partial charge in [0, 0.05) is 12.6 Å². The molecule has 6 heteroatoms. The summed E-state index contributed by atoms with van der Waals surface area (Å²) in [6, 6.07) is 5.07. The van der Waals surface area contributed by atoms with E-state index in [0.717, 1.165) is 19.4 Å². The number of phenols is 1. The number of benzene rings is 1. The second-order valence-corrected chi connectivity index (χ2v) is 8.02. The van der Waals surface area contributed by atoms with Crippen molar-refractivity contribution in [3.63, 3.8) is 0 Å². The molecule has 28 heavy (non-hydrogen) atoms. The Morgan fingerprint density at radius 2 is 1.79 bits per heavy atom. The average molecular weight is 388 g/mol. The predicted octanol–water partition coefficient (Wildman–Crippen LogP) is 4.45. The van der Waals surface area contributed by atoms with Gasteiger partial charge in [-0.25, -0.2) is 4.79 Å². The van der Waals surface area contributed by atoms with E-state index in [1.165, 1.54) is 64.5 Å². The summed E-state index contributed by atoms with van der Waals surface area (Å²) in [6.07, 6.45) is 12.4. The van der Waals surface area contributed by atoms with Crippen molar-refractivity contribution in [3.05, 3.63) is 23.8 Å². The summed E-state index contributed by atoms with van der Waals surface area (Å²) >= 11 is 0. The number of carbonyl (C=O) groups is 1. The van der Waals surface area contributed by atoms with Crippen LogP contribution < -0.4 is 10.6 Å². The Hall–Kier alpha value is -2.24. The monoisotopic (exact) mass is 387 g/mol. The first-order valence-corrected chi connectivity index (χ1v) is 10.6. The van der Waals surface area contributed by atoms with Gasteiger partial charge in [-0.05, 0) is 49.8 Å². The fraction of sp³-hybridized carbons (Fsp3) is 0.636. The molecule has 0 aromatic heterocycles. The molecule has 6 nitrogen and oxygen atoms in total. The van der Waals surface area contributed by atoms with Gasteiger partial charge in [0.05, 0.1) is 18.4 Å². The van der Waals surface area contributed by atoms with Gasteiger partial charge in [-0.1, -0.05) is 38.5 Å². The molecule has 0 bridgehead atoms. The Labute approximate surface area is 167 Å². The molecular formula is C22H33N3O3. The number of aromatic hydroxyl groups is 1. The Morgan fingerprint density at radius 3 is 2.46 bits per heavy atom. The summed E-state index contributed by atoms with van der Waals surface area (Å²) in [5.74, 6) is 0.982. The molecule has 2 saturated carbocycles. The molecule has 2 aliphatic carbocycles. The van der Waals surface area contributed by atoms with Crippen molar-refractivity contribution in [1.29, 1.82) is 0 Å². The van der Waals surface area contributed by atoms with Gasteiger partial charge < -0.3 is 20.5 Å². The van der Waals surface area contributed by atoms with E-state index in [-0.39, 0.29) is 5.75 Å². The highest BCUT2D eigenvalue weighted by Gasteiger charge is 2.18. The molecule has 0 spiro atoms. The summed E-state index contributed by atoms with van der Waals surface area (Å²) in [5, 5.41) is 17.0. The number of nitrogens with one attached hydrogen (secondary N) is 2. The van der Waals surface area contributed by atoms with E-state index in [1.54, 1.807) is 12.1 Å². The van der Waals surface area contributed by atoms with Crippen LogP contribution in [0.3, 0.4) is 0 Å². The maximum atomic E-state index is 11.8. The SMILES string of the molecule is COC(=O)c1ccc(O)c(NC(=NCC2CCCCC2)NC2CCCCC2)c1. The zero-order valence-corrected chi connectivity index (χ0v) is 16.9. The first kappa shape index (κ1) is 20.5. The van der Waals surface area contributed by atoms with Crippen molar-refractivity contribution in [2.24, 2.45) is 10.9 Å². The zero-order chi connectivity index (χ0) is 19.8. The topological polar surface area (TPSA) is 83.0 Å². The van der Waals surface area contributed by atoms with Crippen molar-refractivity contribution in [3.8, 4) is 5.75 Å². The Balaban J connectivity index is 1.74. The van der Waals surface area contributed by atoms with E-state index in [1.807, 2.05) is 0 Å². The molecule has 2 fully saturated rings. The minimum absolute atomic E-state index is 0.0865. The number of ether oxygens (including phenoxy) is 1. The highest BCUT2D eigenvalue weighted by molar-refractivity contribution is 5.97. The highest BCUT2D eigenvalue weighted by Crippen LogP contribution is 2.26. The van der Waals surface area contributed by atoms with Gasteiger partial charge in [-0.15, -0.1) is 0 Å². The van der Waals surface area contributed by atoms with Crippen LogP contribution in [-0.2, 0) is 4.74 Å². The summed E-state index contributed by atoms with van der Waals surface area (Å²) in [6.45, 7) is 0.791. The minimum atomic E-state index is -0.427. The van der Waals surface area contributed by atoms with Crippen molar-refractivity contribution in [2.45, 2.75) is 70.3 Å². The van der Waals surface area contributed by atoms with Crippen molar-refractivity contribution in [1.82, 2.24) is 5.32 Å². The quantitative estimate of drug-likeness (QED) is 0.301. The number of hydrogen-bond donors (Lipinski definition) is 3. The fourth-order valence-corrected chi connectivity index (χ4v) is 4.16. The largest absolute Gasteiger partial charge is 0.506 e. The number of guanidine groups is 1.